The van der Waals surface area contributed by atoms with Gasteiger partial charge in [0, 0.05) is 11.3 Å². The fourth-order valence-electron chi connectivity index (χ4n) is 2.16. The van der Waals surface area contributed by atoms with Crippen LogP contribution in [0.15, 0.2) is 5.38 Å². The second-order valence-electron chi connectivity index (χ2n) is 4.96. The monoisotopic (exact) mass is 297 g/mol. The molecule has 0 radical (unpaired) electrons. The Hall–Kier alpha value is -1.01. The van der Waals surface area contributed by atoms with Crippen LogP contribution in [0.4, 0.5) is 5.13 Å². The lowest BCUT2D eigenvalue weighted by atomic mass is 9.81. The minimum Gasteiger partial charge on any atom is -0.392 e. The molecule has 19 heavy (non-hydrogen) atoms. The lowest BCUT2D eigenvalue weighted by molar-refractivity contribution is -0.122. The average molecular weight is 297 g/mol. The number of carbonyl (C=O) groups excluding carboxylic acids is 1. The Morgan fingerprint density at radius 3 is 2.68 bits per heavy atom. The van der Waals surface area contributed by atoms with E-state index >= 15 is 0 Å². The van der Waals surface area contributed by atoms with Crippen molar-refractivity contribution in [2.24, 2.45) is 11.1 Å². The molecule has 0 atom stereocenters. The minimum absolute atomic E-state index is 0.137. The number of nitrogens with zero attached hydrogens (tertiary/aromatic N) is 1. The Morgan fingerprint density at radius 2 is 2.21 bits per heavy atom. The molecule has 3 N–H and O–H groups in total. The molecule has 0 aromatic carbocycles. The average Bonchev–Trinajstić information content (AvgIpc) is 3.12. The molecule has 4 nitrogen and oxygen atoms in total. The molecule has 1 aliphatic carbocycles. The quantitative estimate of drug-likeness (QED) is 0.792. The molecule has 0 spiro atoms. The van der Waals surface area contributed by atoms with Crippen LogP contribution in [0.1, 0.15) is 51.1 Å². The Labute approximate surface area is 122 Å². The maximum absolute atomic E-state index is 12.4. The summed E-state index contributed by atoms with van der Waals surface area (Å²) in [5.74, 6) is 0.460. The molecule has 104 valence electrons. The van der Waals surface area contributed by atoms with Crippen molar-refractivity contribution < 1.29 is 4.79 Å². The second-order valence-corrected chi connectivity index (χ2v) is 6.26. The number of anilines is 1. The number of rotatable bonds is 6. The van der Waals surface area contributed by atoms with Crippen molar-refractivity contribution >= 4 is 39.6 Å². The van der Waals surface area contributed by atoms with E-state index in [2.05, 4.69) is 10.3 Å². The van der Waals surface area contributed by atoms with Gasteiger partial charge in [0.15, 0.2) is 5.13 Å². The van der Waals surface area contributed by atoms with Gasteiger partial charge in [-0.2, -0.15) is 0 Å². The summed E-state index contributed by atoms with van der Waals surface area (Å²) >= 11 is 6.54. The predicted molar refractivity (Wildman–Crippen MR) is 82.5 cm³/mol. The van der Waals surface area contributed by atoms with Crippen LogP contribution in [0.5, 0.6) is 0 Å². The van der Waals surface area contributed by atoms with Crippen molar-refractivity contribution in [1.82, 2.24) is 4.98 Å². The zero-order chi connectivity index (χ0) is 14.0. The Morgan fingerprint density at radius 1 is 1.58 bits per heavy atom. The van der Waals surface area contributed by atoms with Crippen molar-refractivity contribution in [2.75, 3.05) is 5.32 Å². The fraction of sp³-hybridized carbons (Fsp3) is 0.615. The topological polar surface area (TPSA) is 68.0 Å². The summed E-state index contributed by atoms with van der Waals surface area (Å²) in [5, 5.41) is 5.54. The zero-order valence-corrected chi connectivity index (χ0v) is 12.9. The number of thiazole rings is 1. The number of amides is 1. The van der Waals surface area contributed by atoms with Gasteiger partial charge in [-0.05, 0) is 25.7 Å². The Balaban J connectivity index is 2.11. The van der Waals surface area contributed by atoms with Gasteiger partial charge in [0.2, 0.25) is 5.91 Å². The second kappa shape index (κ2) is 5.54. The van der Waals surface area contributed by atoms with E-state index in [9.17, 15) is 4.79 Å². The summed E-state index contributed by atoms with van der Waals surface area (Å²) in [6, 6.07) is 0. The van der Waals surface area contributed by atoms with E-state index in [1.807, 2.05) is 19.2 Å². The van der Waals surface area contributed by atoms with Gasteiger partial charge in [-0.25, -0.2) is 4.98 Å². The van der Waals surface area contributed by atoms with Crippen LogP contribution >= 0.6 is 23.6 Å². The van der Waals surface area contributed by atoms with Crippen molar-refractivity contribution in [3.05, 3.63) is 11.1 Å². The van der Waals surface area contributed by atoms with E-state index in [0.29, 0.717) is 23.9 Å². The van der Waals surface area contributed by atoms with Crippen molar-refractivity contribution in [3.63, 3.8) is 0 Å². The van der Waals surface area contributed by atoms with Gasteiger partial charge >= 0.3 is 0 Å². The van der Waals surface area contributed by atoms with Crippen LogP contribution in [-0.4, -0.2) is 15.9 Å². The molecule has 1 aromatic rings. The molecule has 0 bridgehead atoms. The molecule has 1 fully saturated rings. The van der Waals surface area contributed by atoms with E-state index < -0.39 is 5.41 Å². The Kier molecular flexibility index (Phi) is 4.20. The molecule has 0 saturated heterocycles. The smallest absolute Gasteiger partial charge is 0.239 e. The molecule has 1 saturated carbocycles. The normalized spacial score (nSPS) is 15.3. The molecule has 1 aliphatic rings. The van der Waals surface area contributed by atoms with Crippen LogP contribution in [-0.2, 0) is 4.79 Å². The number of aromatic nitrogens is 1. The van der Waals surface area contributed by atoms with Crippen LogP contribution in [0.2, 0.25) is 0 Å². The Bertz CT molecular complexity index is 490. The van der Waals surface area contributed by atoms with E-state index in [1.54, 1.807) is 0 Å². The molecule has 2 rings (SSSR count). The van der Waals surface area contributed by atoms with Crippen LogP contribution < -0.4 is 11.1 Å². The minimum atomic E-state index is -0.763. The summed E-state index contributed by atoms with van der Waals surface area (Å²) in [7, 11) is 0. The predicted octanol–water partition coefficient (Wildman–Crippen LogP) is 3.05. The van der Waals surface area contributed by atoms with Gasteiger partial charge < -0.3 is 11.1 Å². The fourth-order valence-corrected chi connectivity index (χ4v) is 3.33. The third-order valence-electron chi connectivity index (χ3n) is 3.85. The van der Waals surface area contributed by atoms with E-state index in [-0.39, 0.29) is 10.9 Å². The van der Waals surface area contributed by atoms with Gasteiger partial charge in [0.1, 0.15) is 0 Å². The molecular weight excluding hydrogens is 278 g/mol. The summed E-state index contributed by atoms with van der Waals surface area (Å²) in [5.41, 5.74) is 6.09. The summed E-state index contributed by atoms with van der Waals surface area (Å²) in [6.07, 6.45) is 3.62. The number of thiocarbonyl (C=S) groups is 1. The third-order valence-corrected chi connectivity index (χ3v) is 5.02. The first-order valence-electron chi connectivity index (χ1n) is 6.60. The third kappa shape index (κ3) is 2.79. The highest BCUT2D eigenvalue weighted by Crippen LogP contribution is 2.41. The van der Waals surface area contributed by atoms with Crippen LogP contribution in [0.25, 0.3) is 0 Å². The first-order valence-corrected chi connectivity index (χ1v) is 7.89. The van der Waals surface area contributed by atoms with Gasteiger partial charge in [-0.3, -0.25) is 4.79 Å². The highest BCUT2D eigenvalue weighted by molar-refractivity contribution is 7.80. The number of hydrogen-bond donors (Lipinski definition) is 2. The summed E-state index contributed by atoms with van der Waals surface area (Å²) in [4.78, 5) is 17.1. The number of carbonyl (C=O) groups is 1. The molecule has 1 amide bonds. The van der Waals surface area contributed by atoms with E-state index in [1.165, 1.54) is 24.2 Å². The number of nitrogens with one attached hydrogen (secondary N) is 1. The number of hydrogen-bond acceptors (Lipinski definition) is 4. The van der Waals surface area contributed by atoms with Gasteiger partial charge in [0.05, 0.1) is 16.1 Å². The van der Waals surface area contributed by atoms with Gasteiger partial charge in [-0.15, -0.1) is 11.3 Å². The van der Waals surface area contributed by atoms with Crippen LogP contribution in [0, 0.1) is 5.41 Å². The first kappa shape index (κ1) is 14.4. The lowest BCUT2D eigenvalue weighted by Crippen LogP contribution is -2.45. The number of nitrogens with two attached hydrogens (primary N) is 1. The SMILES string of the molecule is CCC(CC)(C(=O)Nc1nc(C2CC2)cs1)C(N)=S. The highest BCUT2D eigenvalue weighted by atomic mass is 32.1. The summed E-state index contributed by atoms with van der Waals surface area (Å²) < 4.78 is 0. The first-order chi connectivity index (χ1) is 9.03. The molecule has 6 heteroatoms. The van der Waals surface area contributed by atoms with Crippen molar-refractivity contribution in [1.29, 1.82) is 0 Å². The maximum Gasteiger partial charge on any atom is 0.239 e. The van der Waals surface area contributed by atoms with E-state index in [4.69, 9.17) is 18.0 Å². The highest BCUT2D eigenvalue weighted by Gasteiger charge is 2.38. The molecule has 0 aliphatic heterocycles. The standard InChI is InChI=1S/C13H19N3OS2/c1-3-13(4-2,10(14)18)11(17)16-12-15-9(7-19-12)8-5-6-8/h7-8H,3-6H2,1-2H3,(H2,14,18)(H,15,16,17). The van der Waals surface area contributed by atoms with Gasteiger partial charge in [0.25, 0.3) is 0 Å². The van der Waals surface area contributed by atoms with Crippen LogP contribution in [0.3, 0.4) is 0 Å². The van der Waals surface area contributed by atoms with E-state index in [0.717, 1.165) is 5.69 Å². The molecule has 1 heterocycles. The zero-order valence-electron chi connectivity index (χ0n) is 11.2. The lowest BCUT2D eigenvalue weighted by Gasteiger charge is -2.28. The van der Waals surface area contributed by atoms with Gasteiger partial charge in [-0.1, -0.05) is 26.1 Å². The molecule has 0 unspecified atom stereocenters. The molecule has 1 aromatic heterocycles. The van der Waals surface area contributed by atoms with Crippen molar-refractivity contribution in [3.8, 4) is 0 Å². The molecular formula is C13H19N3OS2. The maximum atomic E-state index is 12.4. The largest absolute Gasteiger partial charge is 0.392 e. The van der Waals surface area contributed by atoms with Crippen molar-refractivity contribution in [2.45, 2.75) is 45.4 Å². The summed E-state index contributed by atoms with van der Waals surface area (Å²) in [6.45, 7) is 3.86.